The lowest BCUT2D eigenvalue weighted by Gasteiger charge is -2.28. The van der Waals surface area contributed by atoms with Gasteiger partial charge in [0.2, 0.25) is 6.41 Å². The Balaban J connectivity index is 3.86. The Bertz CT molecular complexity index is 88.5. The first kappa shape index (κ1) is 11.9. The van der Waals surface area contributed by atoms with Crippen molar-refractivity contribution < 1.29 is 9.47 Å². The van der Waals surface area contributed by atoms with Gasteiger partial charge in [0.05, 0.1) is 0 Å². The van der Waals surface area contributed by atoms with Crippen molar-refractivity contribution in [3.63, 3.8) is 0 Å². The molecule has 0 atom stereocenters. The van der Waals surface area contributed by atoms with E-state index in [0.717, 1.165) is 25.9 Å². The highest BCUT2D eigenvalue weighted by molar-refractivity contribution is 4.53. The monoisotopic (exact) mass is 175 g/mol. The van der Waals surface area contributed by atoms with Crippen LogP contribution in [-0.4, -0.2) is 38.6 Å². The SMILES string of the molecule is CCCN(CCC)C(OC)OC. The van der Waals surface area contributed by atoms with Gasteiger partial charge in [-0.25, -0.2) is 0 Å². The van der Waals surface area contributed by atoms with E-state index in [1.165, 1.54) is 0 Å². The zero-order valence-corrected chi connectivity index (χ0v) is 8.67. The molecule has 0 radical (unpaired) electrons. The van der Waals surface area contributed by atoms with Gasteiger partial charge in [-0.1, -0.05) is 13.8 Å². The molecular formula is C9H21NO2. The minimum atomic E-state index is -0.176. The second-order valence-corrected chi connectivity index (χ2v) is 2.81. The summed E-state index contributed by atoms with van der Waals surface area (Å²) in [6.45, 7) is 6.37. The van der Waals surface area contributed by atoms with Crippen LogP contribution in [0.3, 0.4) is 0 Å². The molecule has 0 aliphatic carbocycles. The highest BCUT2D eigenvalue weighted by Gasteiger charge is 2.14. The molecule has 0 aromatic carbocycles. The summed E-state index contributed by atoms with van der Waals surface area (Å²) >= 11 is 0. The van der Waals surface area contributed by atoms with E-state index in [-0.39, 0.29) is 6.41 Å². The van der Waals surface area contributed by atoms with E-state index in [2.05, 4.69) is 18.7 Å². The molecule has 0 spiro atoms. The van der Waals surface area contributed by atoms with Crippen LogP contribution in [0.15, 0.2) is 0 Å². The molecule has 12 heavy (non-hydrogen) atoms. The predicted octanol–water partition coefficient (Wildman–Crippen LogP) is 1.68. The topological polar surface area (TPSA) is 21.7 Å². The smallest absolute Gasteiger partial charge is 0.218 e. The van der Waals surface area contributed by atoms with E-state index < -0.39 is 0 Å². The Morgan fingerprint density at radius 3 is 1.67 bits per heavy atom. The third-order valence-corrected chi connectivity index (χ3v) is 1.72. The first-order valence-corrected chi connectivity index (χ1v) is 4.59. The van der Waals surface area contributed by atoms with Crippen molar-refractivity contribution in [1.29, 1.82) is 0 Å². The van der Waals surface area contributed by atoms with Crippen LogP contribution < -0.4 is 0 Å². The van der Waals surface area contributed by atoms with Crippen molar-refractivity contribution in [3.05, 3.63) is 0 Å². The minimum Gasteiger partial charge on any atom is -0.343 e. The Morgan fingerprint density at radius 2 is 1.42 bits per heavy atom. The van der Waals surface area contributed by atoms with E-state index in [9.17, 15) is 0 Å². The summed E-state index contributed by atoms with van der Waals surface area (Å²) in [6.07, 6.45) is 2.08. The second-order valence-electron chi connectivity index (χ2n) is 2.81. The van der Waals surface area contributed by atoms with Crippen LogP contribution in [0.5, 0.6) is 0 Å². The van der Waals surface area contributed by atoms with Crippen LogP contribution in [-0.2, 0) is 9.47 Å². The molecule has 0 aliphatic rings. The summed E-state index contributed by atoms with van der Waals surface area (Å²) in [5.74, 6) is 0. The molecule has 0 N–H and O–H groups in total. The molecule has 0 rings (SSSR count). The van der Waals surface area contributed by atoms with Gasteiger partial charge in [-0.15, -0.1) is 0 Å². The van der Waals surface area contributed by atoms with Crippen LogP contribution in [0.2, 0.25) is 0 Å². The standard InChI is InChI=1S/C9H21NO2/c1-5-7-10(8-6-2)9(11-3)12-4/h9H,5-8H2,1-4H3. The first-order valence-electron chi connectivity index (χ1n) is 4.59. The van der Waals surface area contributed by atoms with Crippen molar-refractivity contribution in [2.75, 3.05) is 27.3 Å². The third kappa shape index (κ3) is 4.04. The second kappa shape index (κ2) is 7.53. The average molecular weight is 175 g/mol. The lowest BCUT2D eigenvalue weighted by molar-refractivity contribution is -0.195. The molecule has 3 nitrogen and oxygen atoms in total. The number of hydrogen-bond donors (Lipinski definition) is 0. The molecule has 3 heteroatoms. The van der Waals surface area contributed by atoms with Crippen LogP contribution in [0.1, 0.15) is 26.7 Å². The molecule has 0 amide bonds. The Kier molecular flexibility index (Phi) is 7.45. The summed E-state index contributed by atoms with van der Waals surface area (Å²) < 4.78 is 10.3. The van der Waals surface area contributed by atoms with Gasteiger partial charge < -0.3 is 9.47 Å². The Labute approximate surface area is 75.6 Å². The van der Waals surface area contributed by atoms with Gasteiger partial charge in [0.1, 0.15) is 0 Å². The van der Waals surface area contributed by atoms with E-state index in [1.807, 2.05) is 0 Å². The Morgan fingerprint density at radius 1 is 1.00 bits per heavy atom. The molecular weight excluding hydrogens is 154 g/mol. The van der Waals surface area contributed by atoms with Crippen molar-refractivity contribution in [2.24, 2.45) is 0 Å². The third-order valence-electron chi connectivity index (χ3n) is 1.72. The summed E-state index contributed by atoms with van der Waals surface area (Å²) in [7, 11) is 3.35. The highest BCUT2D eigenvalue weighted by Crippen LogP contribution is 2.03. The maximum Gasteiger partial charge on any atom is 0.218 e. The molecule has 0 fully saturated rings. The highest BCUT2D eigenvalue weighted by atomic mass is 16.7. The molecule has 0 saturated carbocycles. The summed E-state index contributed by atoms with van der Waals surface area (Å²) in [4.78, 5) is 2.19. The van der Waals surface area contributed by atoms with Crippen LogP contribution >= 0.6 is 0 Å². The van der Waals surface area contributed by atoms with E-state index in [4.69, 9.17) is 9.47 Å². The molecule has 0 bridgehead atoms. The van der Waals surface area contributed by atoms with Gasteiger partial charge in [0.15, 0.2) is 0 Å². The fraction of sp³-hybridized carbons (Fsp3) is 1.00. The zero-order chi connectivity index (χ0) is 9.40. The fourth-order valence-corrected chi connectivity index (χ4v) is 1.29. The summed E-state index contributed by atoms with van der Waals surface area (Å²) in [6, 6.07) is 0. The van der Waals surface area contributed by atoms with Gasteiger partial charge in [-0.2, -0.15) is 0 Å². The number of hydrogen-bond acceptors (Lipinski definition) is 3. The maximum atomic E-state index is 5.17. The predicted molar refractivity (Wildman–Crippen MR) is 50.0 cm³/mol. The summed E-state index contributed by atoms with van der Waals surface area (Å²) in [5, 5.41) is 0. The first-order chi connectivity index (χ1) is 5.79. The molecule has 0 saturated heterocycles. The van der Waals surface area contributed by atoms with Crippen LogP contribution in [0.25, 0.3) is 0 Å². The van der Waals surface area contributed by atoms with E-state index >= 15 is 0 Å². The molecule has 0 heterocycles. The lowest BCUT2D eigenvalue weighted by atomic mass is 10.4. The minimum absolute atomic E-state index is 0.176. The van der Waals surface area contributed by atoms with E-state index in [0.29, 0.717) is 0 Å². The quantitative estimate of drug-likeness (QED) is 0.549. The van der Waals surface area contributed by atoms with Gasteiger partial charge in [-0.05, 0) is 12.8 Å². The molecule has 0 aromatic rings. The van der Waals surface area contributed by atoms with Gasteiger partial charge in [0.25, 0.3) is 0 Å². The number of rotatable bonds is 7. The molecule has 0 aromatic heterocycles. The largest absolute Gasteiger partial charge is 0.343 e. The molecule has 74 valence electrons. The Hall–Kier alpha value is -0.120. The van der Waals surface area contributed by atoms with Crippen LogP contribution in [0.4, 0.5) is 0 Å². The van der Waals surface area contributed by atoms with Gasteiger partial charge >= 0.3 is 0 Å². The molecule has 0 aliphatic heterocycles. The van der Waals surface area contributed by atoms with Crippen molar-refractivity contribution in [1.82, 2.24) is 4.90 Å². The number of nitrogens with zero attached hydrogens (tertiary/aromatic N) is 1. The zero-order valence-electron chi connectivity index (χ0n) is 8.67. The normalized spacial score (nSPS) is 11.5. The van der Waals surface area contributed by atoms with Gasteiger partial charge in [0, 0.05) is 27.3 Å². The fourth-order valence-electron chi connectivity index (χ4n) is 1.29. The maximum absolute atomic E-state index is 5.17. The van der Waals surface area contributed by atoms with E-state index in [1.54, 1.807) is 14.2 Å². The number of ether oxygens (including phenoxy) is 2. The molecule has 0 unspecified atom stereocenters. The van der Waals surface area contributed by atoms with Gasteiger partial charge in [-0.3, -0.25) is 4.90 Å². The van der Waals surface area contributed by atoms with Crippen molar-refractivity contribution in [2.45, 2.75) is 33.1 Å². The van der Waals surface area contributed by atoms with Crippen molar-refractivity contribution in [3.8, 4) is 0 Å². The van der Waals surface area contributed by atoms with Crippen molar-refractivity contribution >= 4 is 0 Å². The lowest BCUT2D eigenvalue weighted by Crippen LogP contribution is -2.39. The number of methoxy groups -OCH3 is 2. The van der Waals surface area contributed by atoms with Crippen LogP contribution in [0, 0.1) is 0 Å². The summed E-state index contributed by atoms with van der Waals surface area (Å²) in [5.41, 5.74) is 0. The average Bonchev–Trinajstić information content (AvgIpc) is 2.07.